The van der Waals surface area contributed by atoms with E-state index in [0.717, 1.165) is 10.7 Å². The number of nitrogens with zero attached hydrogens (tertiary/aromatic N) is 1. The Kier molecular flexibility index (Phi) is 7.33. The zero-order valence-corrected chi connectivity index (χ0v) is 11.5. The van der Waals surface area contributed by atoms with Crippen molar-refractivity contribution in [1.82, 2.24) is 9.03 Å². The summed E-state index contributed by atoms with van der Waals surface area (Å²) in [5.74, 6) is -1.13. The van der Waals surface area contributed by atoms with Crippen LogP contribution in [0.5, 0.6) is 0 Å². The van der Waals surface area contributed by atoms with E-state index in [2.05, 4.69) is 4.72 Å². The predicted molar refractivity (Wildman–Crippen MR) is 65.9 cm³/mol. The molecule has 0 aromatic heterocycles. The van der Waals surface area contributed by atoms with Gasteiger partial charge in [0.1, 0.15) is 6.04 Å². The summed E-state index contributed by atoms with van der Waals surface area (Å²) in [4.78, 5) is 10.9. The third-order valence-corrected chi connectivity index (χ3v) is 3.97. The van der Waals surface area contributed by atoms with Crippen LogP contribution in [-0.4, -0.2) is 43.4 Å². The molecule has 0 heterocycles. The van der Waals surface area contributed by atoms with Gasteiger partial charge in [0, 0.05) is 13.6 Å². The molecule has 0 amide bonds. The van der Waals surface area contributed by atoms with Crippen LogP contribution in [0.1, 0.15) is 39.5 Å². The predicted octanol–water partition coefficient (Wildman–Crippen LogP) is 0.806. The minimum Gasteiger partial charge on any atom is -0.480 e. The molecule has 0 aliphatic carbocycles. The second-order valence-electron chi connectivity index (χ2n) is 3.98. The molecule has 0 rings (SSSR count). The molecule has 0 bridgehead atoms. The lowest BCUT2D eigenvalue weighted by Gasteiger charge is -2.20. The second-order valence-corrected chi connectivity index (χ2v) is 5.79. The minimum atomic E-state index is -3.69. The maximum absolute atomic E-state index is 11.7. The molecule has 2 N–H and O–H groups in total. The van der Waals surface area contributed by atoms with Crippen LogP contribution in [0.2, 0.25) is 0 Å². The number of rotatable bonds is 9. The number of hydrogen-bond donors (Lipinski definition) is 2. The first-order valence-corrected chi connectivity index (χ1v) is 7.25. The lowest BCUT2D eigenvalue weighted by Crippen LogP contribution is -2.47. The summed E-state index contributed by atoms with van der Waals surface area (Å²) in [5, 5.41) is 8.93. The van der Waals surface area contributed by atoms with Crippen LogP contribution in [0, 0.1) is 0 Å². The minimum absolute atomic E-state index is 0.311. The molecule has 17 heavy (non-hydrogen) atoms. The third-order valence-electron chi connectivity index (χ3n) is 2.38. The van der Waals surface area contributed by atoms with Gasteiger partial charge in [-0.25, -0.2) is 0 Å². The highest BCUT2D eigenvalue weighted by Crippen LogP contribution is 2.05. The lowest BCUT2D eigenvalue weighted by molar-refractivity contribution is -0.139. The molecule has 1 atom stereocenters. The third kappa shape index (κ3) is 5.99. The fraction of sp³-hybridized carbons (Fsp3) is 0.900. The van der Waals surface area contributed by atoms with Crippen LogP contribution >= 0.6 is 0 Å². The van der Waals surface area contributed by atoms with Crippen molar-refractivity contribution >= 4 is 16.2 Å². The Labute approximate surface area is 103 Å². The van der Waals surface area contributed by atoms with E-state index in [-0.39, 0.29) is 0 Å². The zero-order valence-electron chi connectivity index (χ0n) is 10.6. The molecular weight excluding hydrogens is 244 g/mol. The number of carbonyl (C=O) groups is 1. The fourth-order valence-electron chi connectivity index (χ4n) is 1.35. The molecule has 0 aliphatic rings. The van der Waals surface area contributed by atoms with Crippen molar-refractivity contribution in [3.05, 3.63) is 0 Å². The summed E-state index contributed by atoms with van der Waals surface area (Å²) >= 11 is 0. The Morgan fingerprint density at radius 1 is 1.35 bits per heavy atom. The monoisotopic (exact) mass is 266 g/mol. The molecule has 0 aromatic carbocycles. The fourth-order valence-corrected chi connectivity index (χ4v) is 2.53. The van der Waals surface area contributed by atoms with Crippen molar-refractivity contribution in [2.75, 3.05) is 13.6 Å². The average Bonchev–Trinajstić information content (AvgIpc) is 2.24. The van der Waals surface area contributed by atoms with Gasteiger partial charge in [-0.05, 0) is 12.8 Å². The first-order valence-electron chi connectivity index (χ1n) is 5.81. The Morgan fingerprint density at radius 3 is 2.35 bits per heavy atom. The Morgan fingerprint density at radius 2 is 1.94 bits per heavy atom. The SMILES string of the molecule is CCCC[C@H](NS(=O)(=O)N(C)CCC)C(=O)O. The Hall–Kier alpha value is -0.660. The smallest absolute Gasteiger partial charge is 0.321 e. The van der Waals surface area contributed by atoms with Crippen LogP contribution < -0.4 is 4.72 Å². The van der Waals surface area contributed by atoms with E-state index in [1.807, 2.05) is 13.8 Å². The summed E-state index contributed by atoms with van der Waals surface area (Å²) in [5.41, 5.74) is 0. The first kappa shape index (κ1) is 16.3. The number of carboxylic acids is 1. The summed E-state index contributed by atoms with van der Waals surface area (Å²) in [6, 6.07) is -1.04. The molecule has 0 saturated carbocycles. The molecule has 0 spiro atoms. The number of unbranched alkanes of at least 4 members (excludes halogenated alkanes) is 1. The van der Waals surface area contributed by atoms with E-state index in [1.54, 1.807) is 0 Å². The van der Waals surface area contributed by atoms with Gasteiger partial charge in [-0.15, -0.1) is 0 Å². The molecular formula is C10H22N2O4S. The maximum Gasteiger partial charge on any atom is 0.321 e. The molecule has 0 saturated heterocycles. The van der Waals surface area contributed by atoms with E-state index in [1.165, 1.54) is 7.05 Å². The number of aliphatic carboxylic acids is 1. The van der Waals surface area contributed by atoms with Crippen LogP contribution in [0.3, 0.4) is 0 Å². The topological polar surface area (TPSA) is 86.7 Å². The van der Waals surface area contributed by atoms with E-state index in [0.29, 0.717) is 25.8 Å². The van der Waals surface area contributed by atoms with Gasteiger partial charge >= 0.3 is 5.97 Å². The number of carboxylic acid groups (broad SMARTS) is 1. The van der Waals surface area contributed by atoms with Crippen molar-refractivity contribution in [3.63, 3.8) is 0 Å². The van der Waals surface area contributed by atoms with E-state index in [4.69, 9.17) is 5.11 Å². The summed E-state index contributed by atoms with van der Waals surface area (Å²) < 4.78 is 26.8. The van der Waals surface area contributed by atoms with Gasteiger partial charge in [-0.1, -0.05) is 26.7 Å². The van der Waals surface area contributed by atoms with E-state index >= 15 is 0 Å². The van der Waals surface area contributed by atoms with Crippen LogP contribution in [0.15, 0.2) is 0 Å². The standard InChI is InChI=1S/C10H22N2O4S/c1-4-6-7-9(10(13)14)11-17(15,16)12(3)8-5-2/h9,11H,4-8H2,1-3H3,(H,13,14)/t9-/m0/s1. The molecule has 6 nitrogen and oxygen atoms in total. The van der Waals surface area contributed by atoms with E-state index < -0.39 is 22.2 Å². The largest absolute Gasteiger partial charge is 0.480 e. The van der Waals surface area contributed by atoms with Gasteiger partial charge in [0.25, 0.3) is 10.2 Å². The molecule has 102 valence electrons. The quantitative estimate of drug-likeness (QED) is 0.646. The second kappa shape index (κ2) is 7.62. The highest BCUT2D eigenvalue weighted by Gasteiger charge is 2.25. The Bertz CT molecular complexity index is 329. The summed E-state index contributed by atoms with van der Waals surface area (Å²) in [6.07, 6.45) is 2.50. The molecule has 0 fully saturated rings. The number of hydrogen-bond acceptors (Lipinski definition) is 3. The van der Waals surface area contributed by atoms with E-state index in [9.17, 15) is 13.2 Å². The number of nitrogens with one attached hydrogen (secondary N) is 1. The molecule has 0 radical (unpaired) electrons. The van der Waals surface area contributed by atoms with Crippen LogP contribution in [0.4, 0.5) is 0 Å². The van der Waals surface area contributed by atoms with Crippen molar-refractivity contribution in [1.29, 1.82) is 0 Å². The first-order chi connectivity index (χ1) is 7.85. The molecule has 0 unspecified atom stereocenters. The van der Waals surface area contributed by atoms with Crippen molar-refractivity contribution < 1.29 is 18.3 Å². The normalized spacial score (nSPS) is 13.9. The molecule has 0 aromatic rings. The summed E-state index contributed by atoms with van der Waals surface area (Å²) in [7, 11) is -2.26. The summed E-state index contributed by atoms with van der Waals surface area (Å²) in [6.45, 7) is 4.16. The van der Waals surface area contributed by atoms with Gasteiger partial charge < -0.3 is 5.11 Å². The highest BCUT2D eigenvalue weighted by atomic mass is 32.2. The van der Waals surface area contributed by atoms with Gasteiger partial charge in [-0.2, -0.15) is 17.4 Å². The van der Waals surface area contributed by atoms with Crippen molar-refractivity contribution in [3.8, 4) is 0 Å². The lowest BCUT2D eigenvalue weighted by atomic mass is 10.1. The van der Waals surface area contributed by atoms with Gasteiger partial charge in [-0.3, -0.25) is 4.79 Å². The molecule has 7 heteroatoms. The molecule has 0 aliphatic heterocycles. The average molecular weight is 266 g/mol. The Balaban J connectivity index is 4.57. The van der Waals surface area contributed by atoms with Crippen LogP contribution in [-0.2, 0) is 15.0 Å². The van der Waals surface area contributed by atoms with Gasteiger partial charge in [0.05, 0.1) is 0 Å². The highest BCUT2D eigenvalue weighted by molar-refractivity contribution is 7.87. The van der Waals surface area contributed by atoms with Gasteiger partial charge in [0.2, 0.25) is 0 Å². The maximum atomic E-state index is 11.7. The zero-order chi connectivity index (χ0) is 13.5. The van der Waals surface area contributed by atoms with Crippen LogP contribution in [0.25, 0.3) is 0 Å². The van der Waals surface area contributed by atoms with Crippen molar-refractivity contribution in [2.24, 2.45) is 0 Å². The van der Waals surface area contributed by atoms with Gasteiger partial charge in [0.15, 0.2) is 0 Å². The van der Waals surface area contributed by atoms with Crippen molar-refractivity contribution in [2.45, 2.75) is 45.6 Å².